The Bertz CT molecular complexity index is 822. The first-order valence-electron chi connectivity index (χ1n) is 9.34. The zero-order valence-electron chi connectivity index (χ0n) is 15.4. The van der Waals surface area contributed by atoms with Gasteiger partial charge in [-0.05, 0) is 37.0 Å². The number of benzene rings is 1. The molecular formula is C21H24N2O4. The van der Waals surface area contributed by atoms with Gasteiger partial charge in [0.2, 0.25) is 5.91 Å². The zero-order chi connectivity index (χ0) is 18.9. The highest BCUT2D eigenvalue weighted by Crippen LogP contribution is 2.39. The molecule has 3 heterocycles. The van der Waals surface area contributed by atoms with E-state index in [1.165, 1.54) is 0 Å². The highest BCUT2D eigenvalue weighted by molar-refractivity contribution is 5.92. The summed E-state index contributed by atoms with van der Waals surface area (Å²) < 4.78 is 10.6. The summed E-state index contributed by atoms with van der Waals surface area (Å²) in [5.74, 6) is 0.876. The van der Waals surface area contributed by atoms with Crippen LogP contribution >= 0.6 is 0 Å². The maximum atomic E-state index is 12.7. The number of carbonyl (C=O) groups excluding carboxylic acids is 2. The topological polar surface area (TPSA) is 71.8 Å². The molecule has 2 aliphatic rings. The van der Waals surface area contributed by atoms with Gasteiger partial charge in [-0.15, -0.1) is 0 Å². The molecule has 0 aliphatic carbocycles. The summed E-state index contributed by atoms with van der Waals surface area (Å²) in [6.07, 6.45) is 2.31. The molecule has 142 valence electrons. The molecule has 0 radical (unpaired) electrons. The molecule has 2 saturated heterocycles. The fourth-order valence-corrected chi connectivity index (χ4v) is 4.17. The Morgan fingerprint density at radius 3 is 2.67 bits per heavy atom. The van der Waals surface area contributed by atoms with Crippen molar-refractivity contribution in [2.75, 3.05) is 20.2 Å². The van der Waals surface area contributed by atoms with Gasteiger partial charge in [0.05, 0.1) is 5.92 Å². The fraction of sp³-hybridized carbons (Fsp3) is 0.429. The Morgan fingerprint density at radius 1 is 1.22 bits per heavy atom. The largest absolute Gasteiger partial charge is 0.453 e. The van der Waals surface area contributed by atoms with Crippen LogP contribution in [0.5, 0.6) is 0 Å². The Balaban J connectivity index is 1.40. The van der Waals surface area contributed by atoms with E-state index in [9.17, 15) is 9.59 Å². The average Bonchev–Trinajstić information content (AvgIpc) is 3.28. The van der Waals surface area contributed by atoms with Crippen molar-refractivity contribution in [1.29, 1.82) is 0 Å². The Hall–Kier alpha value is -2.60. The van der Waals surface area contributed by atoms with Crippen LogP contribution in [0.25, 0.3) is 0 Å². The number of nitrogens with one attached hydrogen (secondary N) is 1. The molecule has 1 aromatic heterocycles. The number of furan rings is 1. The van der Waals surface area contributed by atoms with Gasteiger partial charge in [0.25, 0.3) is 5.91 Å². The molecule has 6 heteroatoms. The molecule has 6 nitrogen and oxygen atoms in total. The van der Waals surface area contributed by atoms with Crippen molar-refractivity contribution in [1.82, 2.24) is 10.2 Å². The number of methoxy groups -OCH3 is 1. The van der Waals surface area contributed by atoms with Crippen LogP contribution in [-0.4, -0.2) is 42.5 Å². The van der Waals surface area contributed by atoms with Crippen LogP contribution in [-0.2, 0) is 16.1 Å². The summed E-state index contributed by atoms with van der Waals surface area (Å²) >= 11 is 0. The number of rotatable bonds is 4. The summed E-state index contributed by atoms with van der Waals surface area (Å²) in [6, 6.07) is 13.4. The van der Waals surface area contributed by atoms with Crippen LogP contribution in [0.1, 0.15) is 47.1 Å². The van der Waals surface area contributed by atoms with E-state index in [0.29, 0.717) is 31.2 Å². The lowest BCUT2D eigenvalue weighted by atomic mass is 9.82. The summed E-state index contributed by atoms with van der Waals surface area (Å²) in [5.41, 5.74) is 0.852. The minimum atomic E-state index is -0.210. The normalized spacial score (nSPS) is 21.4. The van der Waals surface area contributed by atoms with E-state index in [1.807, 2.05) is 35.2 Å². The van der Waals surface area contributed by atoms with Crippen molar-refractivity contribution in [3.8, 4) is 0 Å². The lowest BCUT2D eigenvalue weighted by Gasteiger charge is -2.39. The van der Waals surface area contributed by atoms with Gasteiger partial charge < -0.3 is 19.4 Å². The zero-order valence-corrected chi connectivity index (χ0v) is 15.4. The third kappa shape index (κ3) is 3.49. The molecule has 2 fully saturated rings. The van der Waals surface area contributed by atoms with Gasteiger partial charge in [0, 0.05) is 25.7 Å². The summed E-state index contributed by atoms with van der Waals surface area (Å²) in [5, 5.41) is 3.22. The monoisotopic (exact) mass is 368 g/mol. The number of hydrogen-bond acceptors (Lipinski definition) is 4. The molecule has 0 saturated carbocycles. The first-order valence-corrected chi connectivity index (χ1v) is 9.34. The van der Waals surface area contributed by atoms with E-state index < -0.39 is 0 Å². The standard InChI is InChI=1S/C21H24N2O4/c1-26-14-16-7-8-18(27-16)20(25)23-11-9-21(10-12-23)13-17(19(24)22-21)15-5-3-2-4-6-15/h2-8,17H,9-14H2,1H3,(H,22,24)/t17-/m1/s1. The Kier molecular flexibility index (Phi) is 4.74. The molecule has 0 bridgehead atoms. The van der Waals surface area contributed by atoms with E-state index in [-0.39, 0.29) is 23.3 Å². The number of hydrogen-bond donors (Lipinski definition) is 1. The fourth-order valence-electron chi connectivity index (χ4n) is 4.17. The maximum absolute atomic E-state index is 12.7. The second-order valence-corrected chi connectivity index (χ2v) is 7.43. The van der Waals surface area contributed by atoms with Crippen LogP contribution in [0.3, 0.4) is 0 Å². The lowest BCUT2D eigenvalue weighted by Crippen LogP contribution is -2.52. The average molecular weight is 368 g/mol. The van der Waals surface area contributed by atoms with Crippen molar-refractivity contribution in [3.63, 3.8) is 0 Å². The molecular weight excluding hydrogens is 344 g/mol. The van der Waals surface area contributed by atoms with Gasteiger partial charge >= 0.3 is 0 Å². The Labute approximate surface area is 158 Å². The number of likely N-dealkylation sites (tertiary alicyclic amines) is 1. The second-order valence-electron chi connectivity index (χ2n) is 7.43. The van der Waals surface area contributed by atoms with Gasteiger partial charge in [0.1, 0.15) is 12.4 Å². The van der Waals surface area contributed by atoms with Crippen LogP contribution in [0.4, 0.5) is 0 Å². The first kappa shape index (κ1) is 17.8. The van der Waals surface area contributed by atoms with Gasteiger partial charge in [-0.25, -0.2) is 0 Å². The van der Waals surface area contributed by atoms with Crippen LogP contribution in [0.15, 0.2) is 46.9 Å². The van der Waals surface area contributed by atoms with Gasteiger partial charge in [-0.2, -0.15) is 0 Å². The predicted molar refractivity (Wildman–Crippen MR) is 99.2 cm³/mol. The third-order valence-electron chi connectivity index (χ3n) is 5.67. The van der Waals surface area contributed by atoms with Crippen LogP contribution in [0, 0.1) is 0 Å². The number of amides is 2. The summed E-state index contributed by atoms with van der Waals surface area (Å²) in [6.45, 7) is 1.57. The third-order valence-corrected chi connectivity index (χ3v) is 5.67. The highest BCUT2D eigenvalue weighted by atomic mass is 16.5. The summed E-state index contributed by atoms with van der Waals surface area (Å²) in [4.78, 5) is 27.0. The highest BCUT2D eigenvalue weighted by Gasteiger charge is 2.46. The minimum absolute atomic E-state index is 0.0937. The van der Waals surface area contributed by atoms with E-state index in [2.05, 4.69) is 5.32 Å². The molecule has 1 N–H and O–H groups in total. The van der Waals surface area contributed by atoms with Crippen LogP contribution in [0.2, 0.25) is 0 Å². The summed E-state index contributed by atoms with van der Waals surface area (Å²) in [7, 11) is 1.59. The first-order chi connectivity index (χ1) is 13.1. The number of ether oxygens (including phenoxy) is 1. The molecule has 1 aromatic carbocycles. The number of piperidine rings is 1. The number of nitrogens with zero attached hydrogens (tertiary/aromatic N) is 1. The molecule has 0 unspecified atom stereocenters. The lowest BCUT2D eigenvalue weighted by molar-refractivity contribution is -0.121. The molecule has 27 heavy (non-hydrogen) atoms. The molecule has 1 spiro atoms. The van der Waals surface area contributed by atoms with Crippen molar-refractivity contribution in [2.24, 2.45) is 0 Å². The quantitative estimate of drug-likeness (QED) is 0.901. The van der Waals surface area contributed by atoms with Crippen molar-refractivity contribution < 1.29 is 18.7 Å². The minimum Gasteiger partial charge on any atom is -0.453 e. The van der Waals surface area contributed by atoms with Crippen molar-refractivity contribution >= 4 is 11.8 Å². The number of carbonyl (C=O) groups is 2. The van der Waals surface area contributed by atoms with E-state index >= 15 is 0 Å². The van der Waals surface area contributed by atoms with Crippen molar-refractivity contribution in [2.45, 2.75) is 37.3 Å². The smallest absolute Gasteiger partial charge is 0.289 e. The SMILES string of the molecule is COCc1ccc(C(=O)N2CCC3(CC2)C[C@H](c2ccccc2)C(=O)N3)o1. The van der Waals surface area contributed by atoms with Crippen molar-refractivity contribution in [3.05, 3.63) is 59.5 Å². The van der Waals surface area contributed by atoms with Gasteiger partial charge in [-0.3, -0.25) is 9.59 Å². The molecule has 2 aliphatic heterocycles. The van der Waals surface area contributed by atoms with Gasteiger partial charge in [0.15, 0.2) is 5.76 Å². The van der Waals surface area contributed by atoms with E-state index in [4.69, 9.17) is 9.15 Å². The Morgan fingerprint density at radius 2 is 1.96 bits per heavy atom. The predicted octanol–water partition coefficient (Wildman–Crippen LogP) is 2.70. The molecule has 2 aromatic rings. The molecule has 2 amide bonds. The van der Waals surface area contributed by atoms with Gasteiger partial charge in [-0.1, -0.05) is 30.3 Å². The molecule has 4 rings (SSSR count). The molecule has 1 atom stereocenters. The second kappa shape index (κ2) is 7.19. The maximum Gasteiger partial charge on any atom is 0.289 e. The van der Waals surface area contributed by atoms with E-state index in [1.54, 1.807) is 19.2 Å². The van der Waals surface area contributed by atoms with E-state index in [0.717, 1.165) is 24.8 Å². The van der Waals surface area contributed by atoms with Crippen LogP contribution < -0.4 is 5.32 Å².